The molecule has 6 heteroatoms. The topological polar surface area (TPSA) is 80.4 Å². The molecule has 1 aromatic carbocycles. The standard InChI is InChI=1S/C20H30N4O.HI/c1-2-22-19(23-15-18-8-6-17(14-21)7-9-18)24-16-20(12-13-25)10-4-3-5-11-20;/h6-9,25H,2-5,10-13,15-16H2,1H3,(H2,22,23,24);1H. The van der Waals surface area contributed by atoms with Gasteiger partial charge in [0, 0.05) is 19.7 Å². The molecule has 144 valence electrons. The number of halogens is 1. The number of benzene rings is 1. The third-order valence-corrected chi connectivity index (χ3v) is 5.03. The zero-order valence-corrected chi connectivity index (χ0v) is 18.0. The number of nitrogens with zero attached hydrogens (tertiary/aromatic N) is 2. The summed E-state index contributed by atoms with van der Waals surface area (Å²) in [4.78, 5) is 4.66. The first-order valence-corrected chi connectivity index (χ1v) is 9.33. The summed E-state index contributed by atoms with van der Waals surface area (Å²) in [5.41, 5.74) is 1.94. The van der Waals surface area contributed by atoms with Crippen molar-refractivity contribution in [2.24, 2.45) is 10.4 Å². The average Bonchev–Trinajstić information content (AvgIpc) is 2.65. The van der Waals surface area contributed by atoms with Gasteiger partial charge >= 0.3 is 0 Å². The van der Waals surface area contributed by atoms with Crippen LogP contribution in [0.25, 0.3) is 0 Å². The second-order valence-electron chi connectivity index (χ2n) is 6.89. The molecule has 0 radical (unpaired) electrons. The van der Waals surface area contributed by atoms with Crippen LogP contribution in [0.1, 0.15) is 56.6 Å². The zero-order chi connectivity index (χ0) is 18.0. The van der Waals surface area contributed by atoms with E-state index in [0.29, 0.717) is 12.1 Å². The Labute approximate surface area is 174 Å². The molecule has 0 atom stereocenters. The van der Waals surface area contributed by atoms with Gasteiger partial charge < -0.3 is 15.7 Å². The van der Waals surface area contributed by atoms with E-state index in [1.807, 2.05) is 24.3 Å². The van der Waals surface area contributed by atoms with E-state index in [9.17, 15) is 5.11 Å². The van der Waals surface area contributed by atoms with Crippen molar-refractivity contribution in [3.63, 3.8) is 0 Å². The number of rotatable bonds is 7. The summed E-state index contributed by atoms with van der Waals surface area (Å²) in [6.45, 7) is 4.55. The Kier molecular flexibility index (Phi) is 10.6. The maximum Gasteiger partial charge on any atom is 0.191 e. The molecule has 1 aliphatic rings. The van der Waals surface area contributed by atoms with Gasteiger partial charge in [-0.1, -0.05) is 31.4 Å². The smallest absolute Gasteiger partial charge is 0.191 e. The van der Waals surface area contributed by atoms with Crippen LogP contribution in [0.5, 0.6) is 0 Å². The molecule has 0 aromatic heterocycles. The highest BCUT2D eigenvalue weighted by molar-refractivity contribution is 14.0. The van der Waals surface area contributed by atoms with E-state index in [1.54, 1.807) is 0 Å². The summed E-state index contributed by atoms with van der Waals surface area (Å²) in [6.07, 6.45) is 7.02. The Morgan fingerprint density at radius 1 is 1.19 bits per heavy atom. The molecule has 0 saturated heterocycles. The fraction of sp³-hybridized carbons (Fsp3) is 0.600. The summed E-state index contributed by atoms with van der Waals surface area (Å²) >= 11 is 0. The van der Waals surface area contributed by atoms with Gasteiger partial charge in [-0.2, -0.15) is 5.26 Å². The molecule has 0 spiro atoms. The number of nitriles is 1. The van der Waals surface area contributed by atoms with Crippen LogP contribution in [-0.2, 0) is 6.54 Å². The van der Waals surface area contributed by atoms with Crippen LogP contribution in [0.15, 0.2) is 29.3 Å². The molecule has 0 amide bonds. The minimum Gasteiger partial charge on any atom is -0.396 e. The first kappa shape index (κ1) is 22.7. The summed E-state index contributed by atoms with van der Waals surface area (Å²) < 4.78 is 0. The molecule has 0 bridgehead atoms. The average molecular weight is 470 g/mol. The number of hydrogen-bond acceptors (Lipinski definition) is 3. The predicted octanol–water partition coefficient (Wildman–Crippen LogP) is 3.56. The molecule has 5 nitrogen and oxygen atoms in total. The van der Waals surface area contributed by atoms with Crippen molar-refractivity contribution in [3.8, 4) is 6.07 Å². The Morgan fingerprint density at radius 3 is 2.46 bits per heavy atom. The molecule has 0 heterocycles. The Balaban J connectivity index is 0.00000338. The third kappa shape index (κ3) is 7.12. The van der Waals surface area contributed by atoms with Crippen molar-refractivity contribution >= 4 is 29.9 Å². The minimum atomic E-state index is 0. The summed E-state index contributed by atoms with van der Waals surface area (Å²) in [7, 11) is 0. The number of aliphatic hydroxyl groups is 1. The van der Waals surface area contributed by atoms with Crippen molar-refractivity contribution in [2.45, 2.75) is 52.0 Å². The maximum atomic E-state index is 9.45. The highest BCUT2D eigenvalue weighted by Crippen LogP contribution is 2.38. The van der Waals surface area contributed by atoms with Gasteiger partial charge in [-0.05, 0) is 49.3 Å². The fourth-order valence-electron chi connectivity index (χ4n) is 3.52. The van der Waals surface area contributed by atoms with Crippen LogP contribution in [0.2, 0.25) is 0 Å². The van der Waals surface area contributed by atoms with Crippen molar-refractivity contribution < 1.29 is 5.11 Å². The van der Waals surface area contributed by atoms with Gasteiger partial charge in [-0.25, -0.2) is 4.99 Å². The van der Waals surface area contributed by atoms with Gasteiger partial charge in [-0.3, -0.25) is 0 Å². The SMILES string of the molecule is CCNC(=NCc1ccc(C#N)cc1)NCC1(CCO)CCCCC1.I. The molecular formula is C20H31IN4O. The number of nitrogens with one attached hydrogen (secondary N) is 2. The van der Waals surface area contributed by atoms with Crippen molar-refractivity contribution in [1.82, 2.24) is 10.6 Å². The van der Waals surface area contributed by atoms with Gasteiger partial charge in [0.05, 0.1) is 18.2 Å². The van der Waals surface area contributed by atoms with E-state index in [1.165, 1.54) is 32.1 Å². The number of aliphatic imine (C=N–C) groups is 1. The predicted molar refractivity (Wildman–Crippen MR) is 117 cm³/mol. The fourth-order valence-corrected chi connectivity index (χ4v) is 3.52. The molecule has 1 saturated carbocycles. The highest BCUT2D eigenvalue weighted by atomic mass is 127. The summed E-state index contributed by atoms with van der Waals surface area (Å²) in [6, 6.07) is 9.67. The summed E-state index contributed by atoms with van der Waals surface area (Å²) in [5, 5.41) is 25.1. The Morgan fingerprint density at radius 2 is 1.88 bits per heavy atom. The van der Waals surface area contributed by atoms with Crippen LogP contribution >= 0.6 is 24.0 Å². The number of hydrogen-bond donors (Lipinski definition) is 3. The molecule has 1 fully saturated rings. The third-order valence-electron chi connectivity index (χ3n) is 5.03. The molecular weight excluding hydrogens is 439 g/mol. The van der Waals surface area contributed by atoms with Crippen molar-refractivity contribution in [1.29, 1.82) is 5.26 Å². The highest BCUT2D eigenvalue weighted by Gasteiger charge is 2.31. The quantitative estimate of drug-likeness (QED) is 0.324. The van der Waals surface area contributed by atoms with Gasteiger partial charge in [0.15, 0.2) is 5.96 Å². The van der Waals surface area contributed by atoms with E-state index < -0.39 is 0 Å². The molecule has 1 aromatic rings. The van der Waals surface area contributed by atoms with E-state index in [2.05, 4.69) is 28.6 Å². The van der Waals surface area contributed by atoms with Crippen LogP contribution in [-0.4, -0.2) is 30.8 Å². The molecule has 1 aliphatic carbocycles. The van der Waals surface area contributed by atoms with Crippen molar-refractivity contribution in [3.05, 3.63) is 35.4 Å². The van der Waals surface area contributed by atoms with Gasteiger partial charge in [0.25, 0.3) is 0 Å². The zero-order valence-electron chi connectivity index (χ0n) is 15.6. The second-order valence-corrected chi connectivity index (χ2v) is 6.89. The Hall–Kier alpha value is -1.33. The largest absolute Gasteiger partial charge is 0.396 e. The molecule has 26 heavy (non-hydrogen) atoms. The lowest BCUT2D eigenvalue weighted by molar-refractivity contribution is 0.131. The van der Waals surface area contributed by atoms with E-state index in [0.717, 1.165) is 31.0 Å². The van der Waals surface area contributed by atoms with Crippen LogP contribution in [0.4, 0.5) is 0 Å². The van der Waals surface area contributed by atoms with Gasteiger partial charge in [0.1, 0.15) is 0 Å². The normalized spacial score (nSPS) is 16.3. The van der Waals surface area contributed by atoms with Crippen LogP contribution in [0.3, 0.4) is 0 Å². The Bertz CT molecular complexity index is 583. The van der Waals surface area contributed by atoms with E-state index >= 15 is 0 Å². The maximum absolute atomic E-state index is 9.45. The number of aliphatic hydroxyl groups excluding tert-OH is 1. The van der Waals surface area contributed by atoms with E-state index in [4.69, 9.17) is 5.26 Å². The van der Waals surface area contributed by atoms with Gasteiger partial charge in [0.2, 0.25) is 0 Å². The van der Waals surface area contributed by atoms with E-state index in [-0.39, 0.29) is 36.0 Å². The second kappa shape index (κ2) is 12.1. The number of guanidine groups is 1. The first-order valence-electron chi connectivity index (χ1n) is 9.33. The lowest BCUT2D eigenvalue weighted by Crippen LogP contribution is -2.44. The first-order chi connectivity index (χ1) is 12.2. The molecule has 2 rings (SSSR count). The summed E-state index contributed by atoms with van der Waals surface area (Å²) in [5.74, 6) is 0.815. The molecule has 0 aliphatic heterocycles. The molecule has 3 N–H and O–H groups in total. The van der Waals surface area contributed by atoms with Gasteiger partial charge in [-0.15, -0.1) is 24.0 Å². The lowest BCUT2D eigenvalue weighted by atomic mass is 9.72. The monoisotopic (exact) mass is 470 g/mol. The minimum absolute atomic E-state index is 0. The molecule has 0 unspecified atom stereocenters. The van der Waals surface area contributed by atoms with Crippen LogP contribution in [0, 0.1) is 16.7 Å². The lowest BCUT2D eigenvalue weighted by Gasteiger charge is -2.37. The van der Waals surface area contributed by atoms with Crippen molar-refractivity contribution in [2.75, 3.05) is 19.7 Å². The van der Waals surface area contributed by atoms with Crippen LogP contribution < -0.4 is 10.6 Å².